The van der Waals surface area contributed by atoms with Gasteiger partial charge in [-0.1, -0.05) is 0 Å². The van der Waals surface area contributed by atoms with Crippen LogP contribution >= 0.6 is 0 Å². The number of likely N-dealkylation sites (tertiary alicyclic amines) is 1. The van der Waals surface area contributed by atoms with Gasteiger partial charge in [0, 0.05) is 26.2 Å². The molecule has 16 heavy (non-hydrogen) atoms. The van der Waals surface area contributed by atoms with Gasteiger partial charge in [-0.15, -0.1) is 0 Å². The van der Waals surface area contributed by atoms with E-state index in [1.165, 1.54) is 32.2 Å². The third-order valence-electron chi connectivity index (χ3n) is 3.66. The van der Waals surface area contributed by atoms with Crippen molar-refractivity contribution in [1.82, 2.24) is 15.5 Å². The Balaban J connectivity index is 1.65. The summed E-state index contributed by atoms with van der Waals surface area (Å²) in [4.78, 5) is 6.68. The Morgan fingerprint density at radius 1 is 1.25 bits per heavy atom. The molecule has 92 valence electrons. The average Bonchev–Trinajstić information content (AvgIpc) is 3.03. The molecule has 2 N–H and O–H groups in total. The van der Waals surface area contributed by atoms with Crippen LogP contribution < -0.4 is 10.6 Å². The van der Waals surface area contributed by atoms with Gasteiger partial charge in [-0.05, 0) is 45.2 Å². The Morgan fingerprint density at radius 3 is 2.56 bits per heavy atom. The van der Waals surface area contributed by atoms with E-state index < -0.39 is 0 Å². The Hall–Kier alpha value is -0.770. The monoisotopic (exact) mass is 224 g/mol. The molecule has 1 heterocycles. The van der Waals surface area contributed by atoms with Gasteiger partial charge in [0.1, 0.15) is 0 Å². The molecule has 0 bridgehead atoms. The molecular weight excluding hydrogens is 200 g/mol. The number of aliphatic imine (C=N–C) groups is 1. The summed E-state index contributed by atoms with van der Waals surface area (Å²) in [5.74, 6) is 1.86. The number of guanidine groups is 1. The first kappa shape index (κ1) is 11.7. The zero-order chi connectivity index (χ0) is 11.4. The summed E-state index contributed by atoms with van der Waals surface area (Å²) in [7, 11) is 4.06. The van der Waals surface area contributed by atoms with Crippen molar-refractivity contribution < 1.29 is 0 Å². The number of hydrogen-bond donors (Lipinski definition) is 2. The van der Waals surface area contributed by atoms with Crippen molar-refractivity contribution in [2.75, 3.05) is 33.7 Å². The van der Waals surface area contributed by atoms with E-state index in [2.05, 4.69) is 27.6 Å². The van der Waals surface area contributed by atoms with Gasteiger partial charge in [0.05, 0.1) is 0 Å². The molecule has 1 saturated carbocycles. The molecule has 2 fully saturated rings. The minimum absolute atomic E-state index is 0.680. The number of rotatable bonds is 4. The summed E-state index contributed by atoms with van der Waals surface area (Å²) in [6.07, 6.45) is 5.41. The minimum atomic E-state index is 0.680. The highest BCUT2D eigenvalue weighted by molar-refractivity contribution is 5.79. The van der Waals surface area contributed by atoms with E-state index in [0.717, 1.165) is 25.0 Å². The van der Waals surface area contributed by atoms with Crippen molar-refractivity contribution in [2.45, 2.75) is 31.7 Å². The van der Waals surface area contributed by atoms with Crippen LogP contribution in [0.2, 0.25) is 0 Å². The molecule has 0 radical (unpaired) electrons. The van der Waals surface area contributed by atoms with Gasteiger partial charge < -0.3 is 15.5 Å². The van der Waals surface area contributed by atoms with Gasteiger partial charge >= 0.3 is 0 Å². The minimum Gasteiger partial charge on any atom is -0.356 e. The van der Waals surface area contributed by atoms with Crippen LogP contribution in [0.5, 0.6) is 0 Å². The molecular formula is C12H24N4. The summed E-state index contributed by atoms with van der Waals surface area (Å²) in [5, 5.41) is 6.81. The molecule has 1 saturated heterocycles. The summed E-state index contributed by atoms with van der Waals surface area (Å²) in [5.41, 5.74) is 0. The van der Waals surface area contributed by atoms with Gasteiger partial charge in [0.15, 0.2) is 5.96 Å². The molecule has 0 aromatic carbocycles. The standard InChI is InChI=1S/C12H24N4/c1-13-12(14-8-10-5-6-10)15-9-11-4-3-7-16(11)2/h10-11H,3-9H2,1-2H3,(H2,13,14,15). The van der Waals surface area contributed by atoms with Gasteiger partial charge in [-0.2, -0.15) is 0 Å². The second-order valence-corrected chi connectivity index (χ2v) is 5.05. The van der Waals surface area contributed by atoms with Crippen LogP contribution in [-0.4, -0.2) is 50.6 Å². The highest BCUT2D eigenvalue weighted by atomic mass is 15.2. The number of nitrogens with one attached hydrogen (secondary N) is 2. The smallest absolute Gasteiger partial charge is 0.191 e. The first-order chi connectivity index (χ1) is 7.79. The second kappa shape index (κ2) is 5.53. The van der Waals surface area contributed by atoms with Crippen LogP contribution in [0.1, 0.15) is 25.7 Å². The highest BCUT2D eigenvalue weighted by Crippen LogP contribution is 2.27. The zero-order valence-corrected chi connectivity index (χ0v) is 10.5. The lowest BCUT2D eigenvalue weighted by atomic mass is 10.2. The predicted molar refractivity (Wildman–Crippen MR) is 67.7 cm³/mol. The molecule has 1 aliphatic carbocycles. The molecule has 1 atom stereocenters. The third kappa shape index (κ3) is 3.37. The van der Waals surface area contributed by atoms with Gasteiger partial charge in [0.2, 0.25) is 0 Å². The quantitative estimate of drug-likeness (QED) is 0.544. The van der Waals surface area contributed by atoms with E-state index in [9.17, 15) is 0 Å². The largest absolute Gasteiger partial charge is 0.356 e. The fraction of sp³-hybridized carbons (Fsp3) is 0.917. The number of hydrogen-bond acceptors (Lipinski definition) is 2. The van der Waals surface area contributed by atoms with Crippen molar-refractivity contribution in [3.05, 3.63) is 0 Å². The molecule has 4 heteroatoms. The first-order valence-electron chi connectivity index (χ1n) is 6.44. The van der Waals surface area contributed by atoms with E-state index in [0.29, 0.717) is 6.04 Å². The molecule has 2 aliphatic rings. The van der Waals surface area contributed by atoms with Crippen LogP contribution in [0.25, 0.3) is 0 Å². The Kier molecular flexibility index (Phi) is 4.04. The first-order valence-corrected chi connectivity index (χ1v) is 6.44. The highest BCUT2D eigenvalue weighted by Gasteiger charge is 2.22. The van der Waals surface area contributed by atoms with Gasteiger partial charge in [0.25, 0.3) is 0 Å². The molecule has 4 nitrogen and oxygen atoms in total. The summed E-state index contributed by atoms with van der Waals surface area (Å²) >= 11 is 0. The summed E-state index contributed by atoms with van der Waals surface area (Å²) in [6, 6.07) is 0.680. The van der Waals surface area contributed by atoms with Gasteiger partial charge in [-0.25, -0.2) is 0 Å². The van der Waals surface area contributed by atoms with Crippen molar-refractivity contribution in [2.24, 2.45) is 10.9 Å². The molecule has 0 aromatic heterocycles. The van der Waals surface area contributed by atoms with Crippen molar-refractivity contribution in [1.29, 1.82) is 0 Å². The van der Waals surface area contributed by atoms with Crippen LogP contribution in [0, 0.1) is 5.92 Å². The van der Waals surface area contributed by atoms with Crippen LogP contribution in [0.4, 0.5) is 0 Å². The van der Waals surface area contributed by atoms with Gasteiger partial charge in [-0.3, -0.25) is 4.99 Å². The lowest BCUT2D eigenvalue weighted by molar-refractivity contribution is 0.309. The van der Waals surface area contributed by atoms with Crippen LogP contribution in [-0.2, 0) is 0 Å². The van der Waals surface area contributed by atoms with Crippen molar-refractivity contribution in [3.8, 4) is 0 Å². The molecule has 1 aliphatic heterocycles. The SMILES string of the molecule is CN=C(NCC1CC1)NCC1CCCN1C. The van der Waals surface area contributed by atoms with Crippen molar-refractivity contribution >= 4 is 5.96 Å². The lowest BCUT2D eigenvalue weighted by Gasteiger charge is -2.21. The third-order valence-corrected chi connectivity index (χ3v) is 3.66. The molecule has 0 spiro atoms. The predicted octanol–water partition coefficient (Wildman–Crippen LogP) is 0.656. The zero-order valence-electron chi connectivity index (χ0n) is 10.5. The average molecular weight is 224 g/mol. The molecule has 2 rings (SSSR count). The fourth-order valence-corrected chi connectivity index (χ4v) is 2.24. The summed E-state index contributed by atoms with van der Waals surface area (Å²) < 4.78 is 0. The fourth-order valence-electron chi connectivity index (χ4n) is 2.24. The molecule has 0 aromatic rings. The number of nitrogens with zero attached hydrogens (tertiary/aromatic N) is 2. The normalized spacial score (nSPS) is 27.1. The molecule has 1 unspecified atom stereocenters. The van der Waals surface area contributed by atoms with Crippen molar-refractivity contribution in [3.63, 3.8) is 0 Å². The van der Waals surface area contributed by atoms with E-state index in [4.69, 9.17) is 0 Å². The van der Waals surface area contributed by atoms with E-state index in [1.54, 1.807) is 0 Å². The van der Waals surface area contributed by atoms with E-state index >= 15 is 0 Å². The topological polar surface area (TPSA) is 39.7 Å². The van der Waals surface area contributed by atoms with E-state index in [1.807, 2.05) is 7.05 Å². The van der Waals surface area contributed by atoms with Crippen LogP contribution in [0.3, 0.4) is 0 Å². The summed E-state index contributed by atoms with van der Waals surface area (Å²) in [6.45, 7) is 3.33. The maximum absolute atomic E-state index is 4.25. The van der Waals surface area contributed by atoms with Crippen LogP contribution in [0.15, 0.2) is 4.99 Å². The Bertz CT molecular complexity index is 247. The number of likely N-dealkylation sites (N-methyl/N-ethyl adjacent to an activating group) is 1. The maximum atomic E-state index is 4.25. The Labute approximate surface area is 98.5 Å². The Morgan fingerprint density at radius 2 is 2.00 bits per heavy atom. The van der Waals surface area contributed by atoms with E-state index in [-0.39, 0.29) is 0 Å². The lowest BCUT2D eigenvalue weighted by Crippen LogP contribution is -2.44. The molecule has 0 amide bonds. The maximum Gasteiger partial charge on any atom is 0.191 e. The second-order valence-electron chi connectivity index (χ2n) is 5.05.